The number of ether oxygens (including phenoxy) is 2. The minimum absolute atomic E-state index is 0.285. The standard InChI is InChI=1S/C5H5NO3/c7-5-4-1-8-2-6(4)3-9-5/h1H,2-3H2. The van der Waals surface area contributed by atoms with E-state index in [9.17, 15) is 4.79 Å². The average Bonchev–Trinajstić information content (AvgIpc) is 2.35. The molecule has 0 N–H and O–H groups in total. The Kier molecular flexibility index (Phi) is 0.726. The van der Waals surface area contributed by atoms with Gasteiger partial charge in [-0.05, 0) is 0 Å². The Morgan fingerprint density at radius 1 is 1.56 bits per heavy atom. The highest BCUT2D eigenvalue weighted by atomic mass is 16.6. The number of rotatable bonds is 0. The second kappa shape index (κ2) is 1.40. The van der Waals surface area contributed by atoms with Crippen LogP contribution in [-0.4, -0.2) is 24.3 Å². The van der Waals surface area contributed by atoms with Crippen LogP contribution in [0.4, 0.5) is 0 Å². The van der Waals surface area contributed by atoms with Crippen molar-refractivity contribution in [3.8, 4) is 0 Å². The summed E-state index contributed by atoms with van der Waals surface area (Å²) in [5, 5.41) is 0. The number of esters is 1. The van der Waals surface area contributed by atoms with Crippen molar-refractivity contribution in [1.29, 1.82) is 0 Å². The average molecular weight is 127 g/mol. The fourth-order valence-corrected chi connectivity index (χ4v) is 0.845. The summed E-state index contributed by atoms with van der Waals surface area (Å²) in [4.78, 5) is 12.4. The minimum Gasteiger partial charge on any atom is -0.478 e. The molecule has 1 saturated heterocycles. The van der Waals surface area contributed by atoms with Gasteiger partial charge in [0.1, 0.15) is 6.26 Å². The van der Waals surface area contributed by atoms with E-state index < -0.39 is 0 Å². The second-order valence-corrected chi connectivity index (χ2v) is 1.90. The third-order valence-electron chi connectivity index (χ3n) is 1.33. The van der Waals surface area contributed by atoms with Crippen molar-refractivity contribution in [2.24, 2.45) is 0 Å². The van der Waals surface area contributed by atoms with Gasteiger partial charge in [0, 0.05) is 0 Å². The van der Waals surface area contributed by atoms with Crippen molar-refractivity contribution in [3.63, 3.8) is 0 Å². The molecule has 0 bridgehead atoms. The first kappa shape index (κ1) is 4.67. The number of hydrogen-bond donors (Lipinski definition) is 0. The van der Waals surface area contributed by atoms with E-state index in [2.05, 4.69) is 4.74 Å². The lowest BCUT2D eigenvalue weighted by molar-refractivity contribution is -0.135. The summed E-state index contributed by atoms with van der Waals surface area (Å²) in [7, 11) is 0. The molecule has 2 rings (SSSR count). The lowest BCUT2D eigenvalue weighted by Crippen LogP contribution is -2.14. The van der Waals surface area contributed by atoms with Gasteiger partial charge < -0.3 is 9.47 Å². The number of cyclic esters (lactones) is 1. The van der Waals surface area contributed by atoms with E-state index in [0.29, 0.717) is 19.2 Å². The molecule has 0 unspecified atom stereocenters. The molecule has 1 fully saturated rings. The molecule has 0 amide bonds. The van der Waals surface area contributed by atoms with E-state index in [1.54, 1.807) is 4.90 Å². The summed E-state index contributed by atoms with van der Waals surface area (Å²) in [6.45, 7) is 0.783. The van der Waals surface area contributed by atoms with Gasteiger partial charge in [-0.2, -0.15) is 0 Å². The summed E-state index contributed by atoms with van der Waals surface area (Å²) in [6.07, 6.45) is 1.43. The molecular formula is C5H5NO3. The zero-order chi connectivity index (χ0) is 6.27. The van der Waals surface area contributed by atoms with Crippen molar-refractivity contribution >= 4 is 5.97 Å². The van der Waals surface area contributed by atoms with Crippen LogP contribution in [0.25, 0.3) is 0 Å². The number of carbonyl (C=O) groups excluding carboxylic acids is 1. The summed E-state index contributed by atoms with van der Waals surface area (Å²) < 4.78 is 9.50. The maximum atomic E-state index is 10.6. The molecule has 0 atom stereocenters. The van der Waals surface area contributed by atoms with E-state index >= 15 is 0 Å². The van der Waals surface area contributed by atoms with Crippen LogP contribution in [0.2, 0.25) is 0 Å². The van der Waals surface area contributed by atoms with Crippen molar-refractivity contribution in [3.05, 3.63) is 12.0 Å². The lowest BCUT2D eigenvalue weighted by Gasteiger charge is -2.04. The topological polar surface area (TPSA) is 38.8 Å². The van der Waals surface area contributed by atoms with Gasteiger partial charge in [0.05, 0.1) is 0 Å². The van der Waals surface area contributed by atoms with Crippen molar-refractivity contribution < 1.29 is 14.3 Å². The van der Waals surface area contributed by atoms with E-state index in [-0.39, 0.29) is 5.97 Å². The molecule has 4 heteroatoms. The molecule has 0 aromatic heterocycles. The van der Waals surface area contributed by atoms with Crippen LogP contribution >= 0.6 is 0 Å². The Hall–Kier alpha value is -1.19. The van der Waals surface area contributed by atoms with Crippen LogP contribution in [0.1, 0.15) is 0 Å². The van der Waals surface area contributed by atoms with Gasteiger partial charge in [-0.3, -0.25) is 4.90 Å². The molecular weight excluding hydrogens is 122 g/mol. The van der Waals surface area contributed by atoms with Gasteiger partial charge >= 0.3 is 5.97 Å². The molecule has 0 spiro atoms. The van der Waals surface area contributed by atoms with E-state index in [0.717, 1.165) is 0 Å². The third kappa shape index (κ3) is 0.497. The monoisotopic (exact) mass is 127 g/mol. The summed E-state index contributed by atoms with van der Waals surface area (Å²) in [5.74, 6) is -0.285. The molecule has 2 heterocycles. The van der Waals surface area contributed by atoms with Crippen molar-refractivity contribution in [1.82, 2.24) is 4.90 Å². The first-order valence-electron chi connectivity index (χ1n) is 2.62. The fraction of sp³-hybridized carbons (Fsp3) is 0.400. The van der Waals surface area contributed by atoms with E-state index in [1.165, 1.54) is 6.26 Å². The predicted octanol–water partition coefficient (Wildman–Crippen LogP) is -0.368. The van der Waals surface area contributed by atoms with Crippen LogP contribution in [0.3, 0.4) is 0 Å². The normalized spacial score (nSPS) is 22.9. The molecule has 0 aliphatic carbocycles. The van der Waals surface area contributed by atoms with E-state index in [1.807, 2.05) is 0 Å². The summed E-state index contributed by atoms with van der Waals surface area (Å²) in [5.41, 5.74) is 0.537. The maximum Gasteiger partial charge on any atom is 0.359 e. The Morgan fingerprint density at radius 3 is 3.22 bits per heavy atom. The molecule has 2 aliphatic heterocycles. The molecule has 0 aromatic rings. The number of fused-ring (bicyclic) bond motifs is 1. The third-order valence-corrected chi connectivity index (χ3v) is 1.33. The number of nitrogens with zero attached hydrogens (tertiary/aromatic N) is 1. The lowest BCUT2D eigenvalue weighted by atomic mass is 10.5. The van der Waals surface area contributed by atoms with Gasteiger partial charge in [0.2, 0.25) is 0 Å². The molecule has 0 saturated carbocycles. The van der Waals surface area contributed by atoms with Crippen molar-refractivity contribution in [2.75, 3.05) is 13.5 Å². The molecule has 4 nitrogen and oxygen atoms in total. The minimum atomic E-state index is -0.285. The van der Waals surface area contributed by atoms with Gasteiger partial charge in [0.15, 0.2) is 19.2 Å². The predicted molar refractivity (Wildman–Crippen MR) is 26.8 cm³/mol. The largest absolute Gasteiger partial charge is 0.478 e. The van der Waals surface area contributed by atoms with Gasteiger partial charge in [0.25, 0.3) is 0 Å². The summed E-state index contributed by atoms with van der Waals surface area (Å²) >= 11 is 0. The van der Waals surface area contributed by atoms with Crippen LogP contribution in [-0.2, 0) is 14.3 Å². The second-order valence-electron chi connectivity index (χ2n) is 1.90. The van der Waals surface area contributed by atoms with Gasteiger partial charge in [-0.1, -0.05) is 0 Å². The Bertz CT molecular complexity index is 187. The van der Waals surface area contributed by atoms with Gasteiger partial charge in [-0.15, -0.1) is 0 Å². The zero-order valence-electron chi connectivity index (χ0n) is 4.66. The maximum absolute atomic E-state index is 10.6. The highest BCUT2D eigenvalue weighted by Gasteiger charge is 2.31. The van der Waals surface area contributed by atoms with Crippen molar-refractivity contribution in [2.45, 2.75) is 0 Å². The van der Waals surface area contributed by atoms with E-state index in [4.69, 9.17) is 4.74 Å². The van der Waals surface area contributed by atoms with Crippen LogP contribution in [0, 0.1) is 0 Å². The fourth-order valence-electron chi connectivity index (χ4n) is 0.845. The van der Waals surface area contributed by atoms with Crippen LogP contribution in [0.15, 0.2) is 12.0 Å². The first-order valence-corrected chi connectivity index (χ1v) is 2.62. The number of carbonyl (C=O) groups is 1. The molecule has 0 radical (unpaired) electrons. The van der Waals surface area contributed by atoms with Crippen LogP contribution in [0.5, 0.6) is 0 Å². The Labute approximate surface area is 51.6 Å². The quantitative estimate of drug-likeness (QED) is 0.416. The molecule has 0 aromatic carbocycles. The SMILES string of the molecule is O=C1OCN2COC=C12. The Morgan fingerprint density at radius 2 is 2.44 bits per heavy atom. The highest BCUT2D eigenvalue weighted by Crippen LogP contribution is 2.19. The highest BCUT2D eigenvalue weighted by molar-refractivity contribution is 5.89. The van der Waals surface area contributed by atoms with Crippen LogP contribution < -0.4 is 0 Å². The zero-order valence-corrected chi connectivity index (χ0v) is 4.66. The van der Waals surface area contributed by atoms with Gasteiger partial charge in [-0.25, -0.2) is 4.79 Å². The molecule has 9 heavy (non-hydrogen) atoms. The first-order chi connectivity index (χ1) is 4.38. The smallest absolute Gasteiger partial charge is 0.359 e. The Balaban J connectivity index is 2.32. The molecule has 2 aliphatic rings. The number of hydrogen-bond acceptors (Lipinski definition) is 4. The summed E-state index contributed by atoms with van der Waals surface area (Å²) in [6, 6.07) is 0. The molecule has 48 valence electrons.